The van der Waals surface area contributed by atoms with Crippen LogP contribution in [0.15, 0.2) is 41.6 Å². The lowest BCUT2D eigenvalue weighted by atomic mass is 10.1. The number of nitrogens with zero attached hydrogens (tertiary/aromatic N) is 1. The fraction of sp³-hybridized carbons (Fsp3) is 0.368. The second-order valence-corrected chi connectivity index (χ2v) is 7.92. The molecule has 7 nitrogen and oxygen atoms in total. The third-order valence-electron chi connectivity index (χ3n) is 3.98. The number of carbonyl (C=O) groups excluding carboxylic acids is 1. The highest BCUT2D eigenvalue weighted by atomic mass is 32.2. The number of carbonyl (C=O) groups is 1. The minimum atomic E-state index is -3.85. The molecule has 0 fully saturated rings. The Hall–Kier alpha value is -2.45. The Morgan fingerprint density at radius 3 is 2.63 bits per heavy atom. The number of sulfonamides is 1. The van der Waals surface area contributed by atoms with Gasteiger partial charge in [-0.25, -0.2) is 8.42 Å². The van der Waals surface area contributed by atoms with E-state index in [0.717, 1.165) is 11.1 Å². The lowest BCUT2D eigenvalue weighted by Gasteiger charge is -2.17. The van der Waals surface area contributed by atoms with Gasteiger partial charge in [-0.2, -0.15) is 4.72 Å². The molecule has 0 saturated carbocycles. The van der Waals surface area contributed by atoms with Gasteiger partial charge in [0.05, 0.1) is 17.5 Å². The van der Waals surface area contributed by atoms with Crippen LogP contribution >= 0.6 is 0 Å². The Kier molecular flexibility index (Phi) is 6.92. The van der Waals surface area contributed by atoms with Gasteiger partial charge in [0.15, 0.2) is 0 Å². The maximum absolute atomic E-state index is 12.7. The predicted octanol–water partition coefficient (Wildman–Crippen LogP) is 2.08. The maximum Gasteiger partial charge on any atom is 0.241 e. The zero-order chi connectivity index (χ0) is 20.0. The van der Waals surface area contributed by atoms with Crippen LogP contribution in [-0.4, -0.2) is 32.0 Å². The second-order valence-electron chi connectivity index (χ2n) is 6.24. The molecule has 2 N–H and O–H groups in total. The zero-order valence-corrected chi connectivity index (χ0v) is 16.8. The molecule has 1 amide bonds. The molecule has 1 aromatic heterocycles. The number of rotatable bonds is 8. The van der Waals surface area contributed by atoms with Crippen LogP contribution in [-0.2, 0) is 21.4 Å². The van der Waals surface area contributed by atoms with Gasteiger partial charge in [-0.1, -0.05) is 6.07 Å². The van der Waals surface area contributed by atoms with E-state index in [9.17, 15) is 13.2 Å². The van der Waals surface area contributed by atoms with Gasteiger partial charge in [0.1, 0.15) is 5.75 Å². The first kappa shape index (κ1) is 20.9. The maximum atomic E-state index is 12.7. The van der Waals surface area contributed by atoms with Gasteiger partial charge in [-0.15, -0.1) is 0 Å². The summed E-state index contributed by atoms with van der Waals surface area (Å²) in [5, 5.41) is 2.70. The molecule has 0 aliphatic carbocycles. The quantitative estimate of drug-likeness (QED) is 0.718. The van der Waals surface area contributed by atoms with Gasteiger partial charge < -0.3 is 10.1 Å². The third kappa shape index (κ3) is 5.51. The van der Waals surface area contributed by atoms with Gasteiger partial charge in [-0.05, 0) is 62.6 Å². The van der Waals surface area contributed by atoms with Crippen molar-refractivity contribution in [3.63, 3.8) is 0 Å². The summed E-state index contributed by atoms with van der Waals surface area (Å²) < 4.78 is 33.4. The van der Waals surface area contributed by atoms with Gasteiger partial charge >= 0.3 is 0 Å². The van der Waals surface area contributed by atoms with Crippen LogP contribution in [0.1, 0.15) is 30.5 Å². The molecule has 1 aromatic carbocycles. The molecule has 27 heavy (non-hydrogen) atoms. The Labute approximate surface area is 160 Å². The Morgan fingerprint density at radius 2 is 2.00 bits per heavy atom. The van der Waals surface area contributed by atoms with Crippen LogP contribution in [0.4, 0.5) is 0 Å². The van der Waals surface area contributed by atoms with Gasteiger partial charge in [-0.3, -0.25) is 9.78 Å². The molecule has 2 aromatic rings. The van der Waals surface area contributed by atoms with Crippen molar-refractivity contribution < 1.29 is 17.9 Å². The van der Waals surface area contributed by atoms with Crippen molar-refractivity contribution >= 4 is 15.9 Å². The first-order valence-electron chi connectivity index (χ1n) is 8.67. The number of aromatic nitrogens is 1. The summed E-state index contributed by atoms with van der Waals surface area (Å²) in [5.74, 6) is 0.235. The molecule has 0 saturated heterocycles. The lowest BCUT2D eigenvalue weighted by molar-refractivity contribution is -0.122. The van der Waals surface area contributed by atoms with E-state index in [1.54, 1.807) is 44.4 Å². The average Bonchev–Trinajstić information content (AvgIpc) is 2.63. The Morgan fingerprint density at radius 1 is 1.26 bits per heavy atom. The van der Waals surface area contributed by atoms with E-state index in [4.69, 9.17) is 4.74 Å². The molecule has 1 atom stereocenters. The van der Waals surface area contributed by atoms with Crippen molar-refractivity contribution in [1.82, 2.24) is 15.0 Å². The van der Waals surface area contributed by atoms with Crippen LogP contribution in [0.2, 0.25) is 0 Å². The SMILES string of the molecule is CCOc1cc(C)c(S(=O)(=O)N[C@@H](C)C(=O)NCc2cccnc2)cc1C. The Balaban J connectivity index is 2.08. The van der Waals surface area contributed by atoms with Gasteiger partial charge in [0.2, 0.25) is 15.9 Å². The Bertz CT molecular complexity index is 899. The van der Waals surface area contributed by atoms with Crippen LogP contribution in [0.3, 0.4) is 0 Å². The molecule has 0 spiro atoms. The summed E-state index contributed by atoms with van der Waals surface area (Å²) in [6.07, 6.45) is 3.28. The molecule has 8 heteroatoms. The fourth-order valence-corrected chi connectivity index (χ4v) is 4.07. The highest BCUT2D eigenvalue weighted by Crippen LogP contribution is 2.26. The minimum Gasteiger partial charge on any atom is -0.494 e. The highest BCUT2D eigenvalue weighted by molar-refractivity contribution is 7.89. The molecule has 0 radical (unpaired) electrons. The van der Waals surface area contributed by atoms with Gasteiger partial charge in [0.25, 0.3) is 0 Å². The first-order valence-corrected chi connectivity index (χ1v) is 10.2. The topological polar surface area (TPSA) is 97.4 Å². The van der Waals surface area contributed by atoms with Crippen molar-refractivity contribution in [2.45, 2.75) is 45.2 Å². The number of aryl methyl sites for hydroxylation is 2. The number of ether oxygens (including phenoxy) is 1. The van der Waals surface area contributed by atoms with E-state index in [0.29, 0.717) is 17.9 Å². The monoisotopic (exact) mass is 391 g/mol. The fourth-order valence-electron chi connectivity index (χ4n) is 2.56. The number of nitrogens with one attached hydrogen (secondary N) is 2. The normalized spacial score (nSPS) is 12.4. The van der Waals surface area contributed by atoms with Crippen LogP contribution in [0.5, 0.6) is 5.75 Å². The molecule has 0 aliphatic rings. The summed E-state index contributed by atoms with van der Waals surface area (Å²) in [5.41, 5.74) is 2.11. The summed E-state index contributed by atoms with van der Waals surface area (Å²) in [4.78, 5) is 16.3. The van der Waals surface area contributed by atoms with Crippen molar-refractivity contribution in [2.24, 2.45) is 0 Å². The summed E-state index contributed by atoms with van der Waals surface area (Å²) in [7, 11) is -3.85. The number of hydrogen-bond donors (Lipinski definition) is 2. The summed E-state index contributed by atoms with van der Waals surface area (Å²) >= 11 is 0. The number of pyridine rings is 1. The van der Waals surface area contributed by atoms with Crippen molar-refractivity contribution in [3.8, 4) is 5.75 Å². The molecule has 1 heterocycles. The van der Waals surface area contributed by atoms with Crippen LogP contribution in [0.25, 0.3) is 0 Å². The predicted molar refractivity (Wildman–Crippen MR) is 103 cm³/mol. The largest absolute Gasteiger partial charge is 0.494 e. The van der Waals surface area contributed by atoms with Crippen molar-refractivity contribution in [3.05, 3.63) is 53.3 Å². The van der Waals surface area contributed by atoms with E-state index in [1.165, 1.54) is 6.92 Å². The summed E-state index contributed by atoms with van der Waals surface area (Å²) in [6, 6.07) is 5.93. The molecule has 146 valence electrons. The average molecular weight is 391 g/mol. The van der Waals surface area contributed by atoms with E-state index in [1.807, 2.05) is 13.0 Å². The molecule has 0 aliphatic heterocycles. The van der Waals surface area contributed by atoms with Crippen LogP contribution in [0, 0.1) is 13.8 Å². The van der Waals surface area contributed by atoms with E-state index < -0.39 is 22.0 Å². The van der Waals surface area contributed by atoms with E-state index >= 15 is 0 Å². The van der Waals surface area contributed by atoms with Crippen LogP contribution < -0.4 is 14.8 Å². The highest BCUT2D eigenvalue weighted by Gasteiger charge is 2.24. The molecule has 2 rings (SSSR count). The zero-order valence-electron chi connectivity index (χ0n) is 15.9. The van der Waals surface area contributed by atoms with Crippen molar-refractivity contribution in [2.75, 3.05) is 6.61 Å². The second kappa shape index (κ2) is 8.96. The lowest BCUT2D eigenvalue weighted by Crippen LogP contribution is -2.44. The number of benzene rings is 1. The van der Waals surface area contributed by atoms with E-state index in [2.05, 4.69) is 15.0 Å². The van der Waals surface area contributed by atoms with Gasteiger partial charge in [0, 0.05) is 18.9 Å². The number of hydrogen-bond acceptors (Lipinski definition) is 5. The minimum absolute atomic E-state index is 0.135. The molecule has 0 bridgehead atoms. The smallest absolute Gasteiger partial charge is 0.241 e. The van der Waals surface area contributed by atoms with E-state index in [-0.39, 0.29) is 11.4 Å². The molecular formula is C19H25N3O4S. The van der Waals surface area contributed by atoms with Crippen molar-refractivity contribution in [1.29, 1.82) is 0 Å². The molecule has 0 unspecified atom stereocenters. The molecular weight excluding hydrogens is 366 g/mol. The first-order chi connectivity index (χ1) is 12.7. The third-order valence-corrected chi connectivity index (χ3v) is 5.66. The summed E-state index contributed by atoms with van der Waals surface area (Å²) in [6.45, 7) is 7.63. The number of amides is 1. The standard InChI is InChI=1S/C19H25N3O4S/c1-5-26-17-9-14(3)18(10-13(17)2)27(24,25)22-15(4)19(23)21-12-16-7-6-8-20-11-16/h6-11,15,22H,5,12H2,1-4H3,(H,21,23)/t15-/m0/s1.